The molecule has 2 aromatic carbocycles. The number of benzene rings is 2. The van der Waals surface area contributed by atoms with Gasteiger partial charge in [0, 0.05) is 21.8 Å². The molecule has 0 radical (unpaired) electrons. The Labute approximate surface area is 167 Å². The largest absolute Gasteiger partial charge is 0.454 e. The maximum absolute atomic E-state index is 13.7. The Bertz CT molecular complexity index is 1070. The van der Waals surface area contributed by atoms with Crippen LogP contribution in [0.1, 0.15) is 21.6 Å². The van der Waals surface area contributed by atoms with Crippen molar-refractivity contribution in [3.8, 4) is 11.5 Å². The summed E-state index contributed by atoms with van der Waals surface area (Å²) < 4.78 is 26.6. The minimum absolute atomic E-state index is 0.175. The van der Waals surface area contributed by atoms with Gasteiger partial charge >= 0.3 is 0 Å². The van der Waals surface area contributed by atoms with Crippen molar-refractivity contribution >= 4 is 28.1 Å². The van der Waals surface area contributed by atoms with Crippen LogP contribution < -0.4 is 14.9 Å². The number of carbonyl (C=O) groups excluding carboxylic acids is 1. The second kappa shape index (κ2) is 7.81. The lowest BCUT2D eigenvalue weighted by Crippen LogP contribution is -2.18. The molecule has 0 aliphatic carbocycles. The van der Waals surface area contributed by atoms with E-state index in [9.17, 15) is 9.18 Å². The molecule has 0 saturated heterocycles. The maximum Gasteiger partial charge on any atom is 0.291 e. The number of hydrazone groups is 1. The van der Waals surface area contributed by atoms with E-state index in [4.69, 9.17) is 9.47 Å². The fourth-order valence-electron chi connectivity index (χ4n) is 2.62. The molecule has 1 aliphatic heterocycles. The first-order valence-electron chi connectivity index (χ1n) is 8.29. The van der Waals surface area contributed by atoms with Crippen LogP contribution in [0.3, 0.4) is 0 Å². The Morgan fingerprint density at radius 2 is 2.07 bits per heavy atom. The van der Waals surface area contributed by atoms with Crippen LogP contribution in [-0.2, 0) is 6.54 Å². The smallest absolute Gasteiger partial charge is 0.291 e. The van der Waals surface area contributed by atoms with Gasteiger partial charge in [0.1, 0.15) is 5.82 Å². The highest BCUT2D eigenvalue weighted by molar-refractivity contribution is 9.10. The lowest BCUT2D eigenvalue weighted by molar-refractivity contribution is 0.0949. The summed E-state index contributed by atoms with van der Waals surface area (Å²) in [7, 11) is 0. The molecule has 0 spiro atoms. The topological polar surface area (TPSA) is 77.7 Å². The summed E-state index contributed by atoms with van der Waals surface area (Å²) in [5, 5.41) is 8.11. The van der Waals surface area contributed by atoms with Gasteiger partial charge in [-0.15, -0.1) is 0 Å². The highest BCUT2D eigenvalue weighted by atomic mass is 79.9. The third-order valence-corrected chi connectivity index (χ3v) is 4.71. The Hall–Kier alpha value is -3.20. The minimum Gasteiger partial charge on any atom is -0.454 e. The van der Waals surface area contributed by atoms with Crippen molar-refractivity contribution in [1.29, 1.82) is 0 Å². The summed E-state index contributed by atoms with van der Waals surface area (Å²) in [6, 6.07) is 11.5. The van der Waals surface area contributed by atoms with Crippen molar-refractivity contribution in [2.24, 2.45) is 5.10 Å². The number of amides is 1. The molecule has 0 bridgehead atoms. The quantitative estimate of drug-likeness (QED) is 0.483. The number of carbonyl (C=O) groups is 1. The number of fused-ring (bicyclic) bond motifs is 1. The first-order chi connectivity index (χ1) is 13.6. The molecule has 1 aliphatic rings. The molecule has 142 valence electrons. The van der Waals surface area contributed by atoms with Gasteiger partial charge in [-0.3, -0.25) is 9.48 Å². The Kier molecular flexibility index (Phi) is 5.07. The van der Waals surface area contributed by atoms with Crippen molar-refractivity contribution < 1.29 is 18.7 Å². The van der Waals surface area contributed by atoms with E-state index in [0.717, 1.165) is 10.0 Å². The van der Waals surface area contributed by atoms with Crippen molar-refractivity contribution in [2.75, 3.05) is 6.79 Å². The average molecular weight is 445 g/mol. The van der Waals surface area contributed by atoms with Crippen LogP contribution in [0.4, 0.5) is 4.39 Å². The first-order valence-corrected chi connectivity index (χ1v) is 9.09. The lowest BCUT2D eigenvalue weighted by Gasteiger charge is -2.03. The summed E-state index contributed by atoms with van der Waals surface area (Å²) in [4.78, 5) is 12.2. The number of hydrogen-bond donors (Lipinski definition) is 1. The van der Waals surface area contributed by atoms with Gasteiger partial charge in [-0.1, -0.05) is 18.2 Å². The van der Waals surface area contributed by atoms with Crippen LogP contribution in [0.25, 0.3) is 0 Å². The van der Waals surface area contributed by atoms with Gasteiger partial charge in [0.2, 0.25) is 6.79 Å². The third kappa shape index (κ3) is 3.89. The van der Waals surface area contributed by atoms with E-state index < -0.39 is 5.91 Å². The number of halogens is 2. The predicted molar refractivity (Wildman–Crippen MR) is 103 cm³/mol. The first kappa shape index (κ1) is 18.2. The van der Waals surface area contributed by atoms with Crippen LogP contribution in [0, 0.1) is 5.82 Å². The Balaban J connectivity index is 1.40. The molecule has 1 amide bonds. The molecule has 0 unspecified atom stereocenters. The molecule has 1 aromatic heterocycles. The molecule has 4 rings (SSSR count). The maximum atomic E-state index is 13.7. The molecule has 28 heavy (non-hydrogen) atoms. The fourth-order valence-corrected chi connectivity index (χ4v) is 3.05. The number of ether oxygens (including phenoxy) is 2. The van der Waals surface area contributed by atoms with Crippen molar-refractivity contribution in [2.45, 2.75) is 6.54 Å². The summed E-state index contributed by atoms with van der Waals surface area (Å²) in [6.07, 6.45) is 3.10. The Morgan fingerprint density at radius 1 is 1.29 bits per heavy atom. The van der Waals surface area contributed by atoms with Crippen LogP contribution in [-0.4, -0.2) is 28.7 Å². The van der Waals surface area contributed by atoms with E-state index in [1.165, 1.54) is 17.0 Å². The summed E-state index contributed by atoms with van der Waals surface area (Å²) in [6.45, 7) is 0.405. The fraction of sp³-hybridized carbons (Fsp3) is 0.105. The van der Waals surface area contributed by atoms with Gasteiger partial charge in [-0.2, -0.15) is 10.2 Å². The minimum atomic E-state index is -0.472. The lowest BCUT2D eigenvalue weighted by atomic mass is 10.2. The van der Waals surface area contributed by atoms with E-state index >= 15 is 0 Å². The second-order valence-corrected chi connectivity index (χ2v) is 6.77. The van der Waals surface area contributed by atoms with Gasteiger partial charge in [-0.25, -0.2) is 9.82 Å². The van der Waals surface area contributed by atoms with Crippen LogP contribution in [0.5, 0.6) is 11.5 Å². The second-order valence-electron chi connectivity index (χ2n) is 5.92. The summed E-state index contributed by atoms with van der Waals surface area (Å²) in [5.41, 5.74) is 3.80. The van der Waals surface area contributed by atoms with Crippen molar-refractivity contribution in [3.63, 3.8) is 0 Å². The van der Waals surface area contributed by atoms with E-state index in [-0.39, 0.29) is 24.8 Å². The highest BCUT2D eigenvalue weighted by Gasteiger charge is 2.16. The molecule has 0 saturated carbocycles. The SMILES string of the molecule is O=C(N/N=C/c1cc2c(cc1Br)OCO2)c1ccn(Cc2ccccc2F)n1. The van der Waals surface area contributed by atoms with Crippen molar-refractivity contribution in [3.05, 3.63) is 75.8 Å². The normalized spacial score (nSPS) is 12.5. The average Bonchev–Trinajstić information content (AvgIpc) is 3.33. The summed E-state index contributed by atoms with van der Waals surface area (Å²) >= 11 is 3.42. The van der Waals surface area contributed by atoms with Gasteiger partial charge in [0.15, 0.2) is 17.2 Å². The van der Waals surface area contributed by atoms with E-state index in [2.05, 4.69) is 31.6 Å². The molecule has 0 atom stereocenters. The molecule has 0 fully saturated rings. The van der Waals surface area contributed by atoms with Crippen molar-refractivity contribution in [1.82, 2.24) is 15.2 Å². The van der Waals surface area contributed by atoms with Gasteiger partial charge < -0.3 is 9.47 Å². The molecule has 7 nitrogen and oxygen atoms in total. The zero-order valence-corrected chi connectivity index (χ0v) is 16.0. The van der Waals surface area contributed by atoms with E-state index in [1.807, 2.05) is 0 Å². The number of aromatic nitrogens is 2. The zero-order valence-electron chi connectivity index (χ0n) is 14.4. The summed E-state index contributed by atoms with van der Waals surface area (Å²) in [5.74, 6) is 0.472. The number of rotatable bonds is 5. The molecule has 2 heterocycles. The zero-order chi connectivity index (χ0) is 19.5. The predicted octanol–water partition coefficient (Wildman–Crippen LogP) is 3.33. The number of hydrogen-bond acceptors (Lipinski definition) is 5. The number of nitrogens with one attached hydrogen (secondary N) is 1. The molecular formula is C19H14BrFN4O3. The number of nitrogens with zero attached hydrogens (tertiary/aromatic N) is 3. The van der Waals surface area contributed by atoms with Crippen LogP contribution in [0.15, 0.2) is 58.2 Å². The molecular weight excluding hydrogens is 431 g/mol. The highest BCUT2D eigenvalue weighted by Crippen LogP contribution is 2.36. The van der Waals surface area contributed by atoms with E-state index in [1.54, 1.807) is 42.6 Å². The van der Waals surface area contributed by atoms with Gasteiger partial charge in [-0.05, 0) is 40.2 Å². The third-order valence-electron chi connectivity index (χ3n) is 4.03. The van der Waals surface area contributed by atoms with Crippen LogP contribution >= 0.6 is 15.9 Å². The standard InChI is InChI=1S/C19H14BrFN4O3/c20-14-8-18-17(27-11-28-18)7-13(14)9-22-23-19(26)16-5-6-25(24-16)10-12-3-1-2-4-15(12)21/h1-9H,10-11H2,(H,23,26)/b22-9+. The molecule has 3 aromatic rings. The monoisotopic (exact) mass is 444 g/mol. The van der Waals surface area contributed by atoms with Gasteiger partial charge in [0.05, 0.1) is 12.8 Å². The van der Waals surface area contributed by atoms with E-state index in [0.29, 0.717) is 17.1 Å². The Morgan fingerprint density at radius 3 is 2.89 bits per heavy atom. The van der Waals surface area contributed by atoms with Crippen LogP contribution in [0.2, 0.25) is 0 Å². The molecule has 1 N–H and O–H groups in total. The van der Waals surface area contributed by atoms with Gasteiger partial charge in [0.25, 0.3) is 5.91 Å². The molecule has 9 heteroatoms.